The Morgan fingerprint density at radius 3 is 2.15 bits per heavy atom. The van der Waals surface area contributed by atoms with Crippen molar-refractivity contribution in [3.8, 4) is 11.3 Å². The predicted molar refractivity (Wildman–Crippen MR) is 100.0 cm³/mol. The molecule has 1 aromatic heterocycles. The number of carbonyl (C=O) groups is 3. The van der Waals surface area contributed by atoms with Gasteiger partial charge in [0.25, 0.3) is 0 Å². The minimum absolute atomic E-state index is 0.0897. The molecule has 0 bridgehead atoms. The molecule has 0 aliphatic carbocycles. The van der Waals surface area contributed by atoms with Crippen molar-refractivity contribution in [3.05, 3.63) is 47.7 Å². The van der Waals surface area contributed by atoms with Crippen molar-refractivity contribution >= 4 is 17.5 Å². The molecule has 5 nitrogen and oxygen atoms in total. The zero-order valence-corrected chi connectivity index (χ0v) is 15.7. The van der Waals surface area contributed by atoms with Gasteiger partial charge in [0.05, 0.1) is 5.56 Å². The molecule has 0 saturated heterocycles. The number of benzene rings is 1. The first kappa shape index (κ1) is 19.6. The van der Waals surface area contributed by atoms with Crippen LogP contribution in [0, 0.1) is 5.92 Å². The molecule has 2 rings (SSSR count). The Kier molecular flexibility index (Phi) is 6.50. The van der Waals surface area contributed by atoms with Crippen LogP contribution in [0.1, 0.15) is 43.8 Å². The third kappa shape index (κ3) is 4.28. The smallest absolute Gasteiger partial charge is 0.233 e. The van der Waals surface area contributed by atoms with Crippen LogP contribution in [0.5, 0.6) is 0 Å². The molecule has 1 unspecified atom stereocenters. The molecular formula is C21H25NO4. The summed E-state index contributed by atoms with van der Waals surface area (Å²) in [4.78, 5) is 38.5. The quantitative estimate of drug-likeness (QED) is 0.534. The van der Waals surface area contributed by atoms with Crippen LogP contribution in [0.25, 0.3) is 11.3 Å². The van der Waals surface area contributed by atoms with Gasteiger partial charge in [-0.2, -0.15) is 0 Å². The first-order chi connectivity index (χ1) is 12.4. The molecule has 0 fully saturated rings. The van der Waals surface area contributed by atoms with Gasteiger partial charge >= 0.3 is 0 Å². The maximum absolute atomic E-state index is 12.7. The van der Waals surface area contributed by atoms with Crippen molar-refractivity contribution < 1.29 is 18.8 Å². The number of Topliss-reactive ketones (excluding diaryl/α,β-unsaturated/α-hetero) is 2. The lowest BCUT2D eigenvalue weighted by Crippen LogP contribution is -2.39. The fraction of sp³-hybridized carbons (Fsp3) is 0.381. The van der Waals surface area contributed by atoms with Crippen molar-refractivity contribution in [3.63, 3.8) is 0 Å². The monoisotopic (exact) mass is 355 g/mol. The Balaban J connectivity index is 2.39. The van der Waals surface area contributed by atoms with Gasteiger partial charge in [-0.15, -0.1) is 0 Å². The van der Waals surface area contributed by atoms with Gasteiger partial charge in [-0.05, 0) is 33.8 Å². The number of carbonyl (C=O) groups excluding carboxylic acids is 3. The van der Waals surface area contributed by atoms with Crippen molar-refractivity contribution in [2.45, 2.75) is 34.1 Å². The van der Waals surface area contributed by atoms with E-state index in [0.717, 1.165) is 5.56 Å². The number of nitrogens with zero attached hydrogens (tertiary/aromatic N) is 1. The van der Waals surface area contributed by atoms with E-state index in [-0.39, 0.29) is 23.9 Å². The Hall–Kier alpha value is -2.69. The average molecular weight is 355 g/mol. The molecule has 0 N–H and O–H groups in total. The van der Waals surface area contributed by atoms with Crippen molar-refractivity contribution in [1.82, 2.24) is 4.90 Å². The van der Waals surface area contributed by atoms with Crippen molar-refractivity contribution in [1.29, 1.82) is 0 Å². The molecule has 0 radical (unpaired) electrons. The van der Waals surface area contributed by atoms with Gasteiger partial charge in [-0.3, -0.25) is 14.4 Å². The first-order valence-corrected chi connectivity index (χ1v) is 8.87. The molecule has 0 saturated carbocycles. The molecule has 26 heavy (non-hydrogen) atoms. The molecule has 1 atom stereocenters. The summed E-state index contributed by atoms with van der Waals surface area (Å²) in [7, 11) is 0. The maximum Gasteiger partial charge on any atom is 0.233 e. The van der Waals surface area contributed by atoms with Gasteiger partial charge in [0.2, 0.25) is 5.91 Å². The summed E-state index contributed by atoms with van der Waals surface area (Å²) < 4.78 is 5.90. The largest absolute Gasteiger partial charge is 0.460 e. The summed E-state index contributed by atoms with van der Waals surface area (Å²) in [5.74, 6) is -0.504. The van der Waals surface area contributed by atoms with Gasteiger partial charge < -0.3 is 9.32 Å². The molecule has 1 heterocycles. The van der Waals surface area contributed by atoms with E-state index in [2.05, 4.69) is 0 Å². The summed E-state index contributed by atoms with van der Waals surface area (Å²) in [6.45, 7) is 7.68. The second-order valence-electron chi connectivity index (χ2n) is 6.25. The van der Waals surface area contributed by atoms with Crippen LogP contribution in [0.2, 0.25) is 0 Å². The van der Waals surface area contributed by atoms with Crippen LogP contribution in [-0.2, 0) is 16.0 Å². The van der Waals surface area contributed by atoms with Gasteiger partial charge in [0.15, 0.2) is 5.78 Å². The van der Waals surface area contributed by atoms with Gasteiger partial charge in [-0.25, -0.2) is 0 Å². The number of amides is 1. The van der Waals surface area contributed by atoms with E-state index in [9.17, 15) is 14.4 Å². The first-order valence-electron chi connectivity index (χ1n) is 8.87. The minimum atomic E-state index is -0.845. The highest BCUT2D eigenvalue weighted by molar-refractivity contribution is 6.01. The van der Waals surface area contributed by atoms with Crippen molar-refractivity contribution in [2.75, 3.05) is 13.1 Å². The highest BCUT2D eigenvalue weighted by Gasteiger charge is 2.30. The fourth-order valence-corrected chi connectivity index (χ4v) is 2.97. The highest BCUT2D eigenvalue weighted by atomic mass is 16.3. The number of furan rings is 1. The Morgan fingerprint density at radius 1 is 1.04 bits per heavy atom. The van der Waals surface area contributed by atoms with Gasteiger partial charge in [-0.1, -0.05) is 30.3 Å². The van der Waals surface area contributed by atoms with Gasteiger partial charge in [0.1, 0.15) is 23.2 Å². The zero-order chi connectivity index (χ0) is 19.3. The normalized spacial score (nSPS) is 11.8. The molecule has 2 aromatic rings. The van der Waals surface area contributed by atoms with Crippen LogP contribution in [0.3, 0.4) is 0 Å². The predicted octanol–water partition coefficient (Wildman–Crippen LogP) is 3.77. The number of rotatable bonds is 8. The second-order valence-corrected chi connectivity index (χ2v) is 6.25. The van der Waals surface area contributed by atoms with Crippen LogP contribution in [-0.4, -0.2) is 35.5 Å². The molecule has 0 aliphatic heterocycles. The summed E-state index contributed by atoms with van der Waals surface area (Å²) in [5.41, 5.74) is 1.26. The summed E-state index contributed by atoms with van der Waals surface area (Å²) in [6, 6.07) is 11.1. The average Bonchev–Trinajstić information content (AvgIpc) is 3.05. The van der Waals surface area contributed by atoms with E-state index in [1.807, 2.05) is 44.2 Å². The number of hydrogen-bond donors (Lipinski definition) is 0. The molecular weight excluding hydrogens is 330 g/mol. The topological polar surface area (TPSA) is 67.6 Å². The Bertz CT molecular complexity index is 788. The number of ketones is 2. The Labute approximate surface area is 154 Å². The van der Waals surface area contributed by atoms with Crippen LogP contribution in [0.15, 0.2) is 40.8 Å². The van der Waals surface area contributed by atoms with Crippen LogP contribution >= 0.6 is 0 Å². The van der Waals surface area contributed by atoms with Gasteiger partial charge in [0, 0.05) is 25.1 Å². The Morgan fingerprint density at radius 2 is 1.65 bits per heavy atom. The van der Waals surface area contributed by atoms with E-state index in [4.69, 9.17) is 4.42 Å². The molecule has 1 amide bonds. The lowest BCUT2D eigenvalue weighted by Gasteiger charge is -2.23. The fourth-order valence-electron chi connectivity index (χ4n) is 2.97. The van der Waals surface area contributed by atoms with E-state index < -0.39 is 5.92 Å². The number of hydrogen-bond acceptors (Lipinski definition) is 4. The van der Waals surface area contributed by atoms with E-state index >= 15 is 0 Å². The van der Waals surface area contributed by atoms with Crippen molar-refractivity contribution in [2.24, 2.45) is 5.92 Å². The standard InChI is InChI=1S/C21H25NO4/c1-5-22(6-2)21(25)18(15(4)24)13-20-17(14(3)23)12-19(26-20)16-10-8-7-9-11-16/h7-12,18H,5-6,13H2,1-4H3. The molecule has 138 valence electrons. The molecule has 1 aromatic carbocycles. The lowest BCUT2D eigenvalue weighted by atomic mass is 9.95. The SMILES string of the molecule is CCN(CC)C(=O)C(Cc1oc(-c2ccccc2)cc1C(C)=O)C(C)=O. The summed E-state index contributed by atoms with van der Waals surface area (Å²) in [6.07, 6.45) is 0.0897. The van der Waals surface area contributed by atoms with E-state index in [0.29, 0.717) is 30.2 Å². The van der Waals surface area contributed by atoms with Crippen LogP contribution in [0.4, 0.5) is 0 Å². The summed E-state index contributed by atoms with van der Waals surface area (Å²) >= 11 is 0. The molecule has 5 heteroatoms. The second kappa shape index (κ2) is 8.61. The minimum Gasteiger partial charge on any atom is -0.460 e. The summed E-state index contributed by atoms with van der Waals surface area (Å²) in [5, 5.41) is 0. The lowest BCUT2D eigenvalue weighted by molar-refractivity contribution is -0.140. The third-order valence-electron chi connectivity index (χ3n) is 4.50. The third-order valence-corrected chi connectivity index (χ3v) is 4.50. The highest BCUT2D eigenvalue weighted by Crippen LogP contribution is 2.28. The van der Waals surface area contributed by atoms with E-state index in [1.54, 1.807) is 11.0 Å². The van der Waals surface area contributed by atoms with Crippen LogP contribution < -0.4 is 0 Å². The molecule has 0 aliphatic rings. The maximum atomic E-state index is 12.7. The molecule has 0 spiro atoms. The zero-order valence-electron chi connectivity index (χ0n) is 15.7. The van der Waals surface area contributed by atoms with E-state index in [1.165, 1.54) is 13.8 Å².